The van der Waals surface area contributed by atoms with Crippen LogP contribution in [0, 0.1) is 6.92 Å². The first kappa shape index (κ1) is 27.7. The maximum atomic E-state index is 13.8. The summed E-state index contributed by atoms with van der Waals surface area (Å²) in [7, 11) is 0. The molecule has 1 saturated heterocycles. The van der Waals surface area contributed by atoms with Gasteiger partial charge in [0.2, 0.25) is 11.8 Å². The second-order valence-electron chi connectivity index (χ2n) is 11.3. The molecule has 1 N–H and O–H groups in total. The first-order chi connectivity index (χ1) is 18.6. The van der Waals surface area contributed by atoms with E-state index < -0.39 is 0 Å². The molecule has 7 nitrogen and oxygen atoms in total. The van der Waals surface area contributed by atoms with Gasteiger partial charge in [-0.2, -0.15) is 5.10 Å². The molecule has 1 aromatic heterocycles. The van der Waals surface area contributed by atoms with Crippen LogP contribution in [0.2, 0.25) is 5.02 Å². The summed E-state index contributed by atoms with van der Waals surface area (Å²) < 4.78 is 7.46. The lowest BCUT2D eigenvalue weighted by molar-refractivity contribution is -0.123. The highest BCUT2D eigenvalue weighted by Gasteiger charge is 2.40. The van der Waals surface area contributed by atoms with Crippen molar-refractivity contribution in [3.63, 3.8) is 0 Å². The molecule has 0 bridgehead atoms. The number of halogens is 1. The number of amides is 2. The van der Waals surface area contributed by atoms with Crippen LogP contribution < -0.4 is 10.2 Å². The molecule has 2 aliphatic rings. The van der Waals surface area contributed by atoms with E-state index in [4.69, 9.17) is 21.4 Å². The Morgan fingerprint density at radius 2 is 2.00 bits per heavy atom. The zero-order valence-electron chi connectivity index (χ0n) is 22.9. The molecule has 2 aromatic carbocycles. The van der Waals surface area contributed by atoms with Crippen LogP contribution in [0.15, 0.2) is 48.5 Å². The third kappa shape index (κ3) is 6.03. The van der Waals surface area contributed by atoms with E-state index >= 15 is 0 Å². The minimum Gasteiger partial charge on any atom is -0.376 e. The summed E-state index contributed by atoms with van der Waals surface area (Å²) in [5, 5.41) is 8.53. The molecule has 2 unspecified atom stereocenters. The van der Waals surface area contributed by atoms with E-state index in [9.17, 15) is 9.59 Å². The lowest BCUT2D eigenvalue weighted by atomic mass is 9.87. The number of hydrogen-bond donors (Lipinski definition) is 1. The summed E-state index contributed by atoms with van der Waals surface area (Å²) in [4.78, 5) is 28.6. The number of ether oxygens (including phenoxy) is 1. The second-order valence-corrected chi connectivity index (χ2v) is 12.8. The lowest BCUT2D eigenvalue weighted by Crippen LogP contribution is -2.44. The predicted molar refractivity (Wildman–Crippen MR) is 157 cm³/mol. The molecular weight excluding hydrogens is 532 g/mol. The fourth-order valence-electron chi connectivity index (χ4n) is 5.19. The van der Waals surface area contributed by atoms with Gasteiger partial charge in [-0.15, -0.1) is 11.8 Å². The highest BCUT2D eigenvalue weighted by atomic mass is 35.5. The number of anilines is 1. The number of rotatable bonds is 6. The summed E-state index contributed by atoms with van der Waals surface area (Å²) in [5.41, 5.74) is 4.51. The van der Waals surface area contributed by atoms with Crippen LogP contribution in [0.25, 0.3) is 5.69 Å². The highest BCUT2D eigenvalue weighted by Crippen LogP contribution is 2.48. The predicted octanol–water partition coefficient (Wildman–Crippen LogP) is 5.60. The number of nitrogens with zero attached hydrogens (tertiary/aromatic N) is 3. The van der Waals surface area contributed by atoms with E-state index in [0.717, 1.165) is 47.5 Å². The third-order valence-corrected chi connectivity index (χ3v) is 8.54. The van der Waals surface area contributed by atoms with Crippen molar-refractivity contribution in [1.29, 1.82) is 0 Å². The fourth-order valence-corrected chi connectivity index (χ4v) is 6.56. The fraction of sp³-hybridized carbons (Fsp3) is 0.433. The monoisotopic (exact) mass is 566 g/mol. The van der Waals surface area contributed by atoms with E-state index in [1.165, 1.54) is 0 Å². The smallest absolute Gasteiger partial charge is 0.240 e. The minimum absolute atomic E-state index is 0.0232. The molecule has 0 saturated carbocycles. The maximum absolute atomic E-state index is 13.8. The van der Waals surface area contributed by atoms with Gasteiger partial charge >= 0.3 is 0 Å². The molecule has 39 heavy (non-hydrogen) atoms. The number of benzene rings is 2. The summed E-state index contributed by atoms with van der Waals surface area (Å²) >= 11 is 7.98. The Kier molecular flexibility index (Phi) is 8.08. The van der Waals surface area contributed by atoms with Gasteiger partial charge in [0.25, 0.3) is 0 Å². The van der Waals surface area contributed by atoms with E-state index in [1.54, 1.807) is 21.3 Å². The SMILES string of the molecule is Cc1cccc(C2SCC(=O)N(CC(=O)NCC3CCCO3)c3c2c(C(C)(C)C)nn3-c2cccc(Cl)c2)c1. The van der Waals surface area contributed by atoms with Gasteiger partial charge in [0.15, 0.2) is 0 Å². The van der Waals surface area contributed by atoms with Crippen molar-refractivity contribution in [2.45, 2.75) is 57.3 Å². The third-order valence-electron chi connectivity index (χ3n) is 7.05. The summed E-state index contributed by atoms with van der Waals surface area (Å²) in [5.74, 6) is 0.508. The Labute approximate surface area is 239 Å². The molecule has 2 aliphatic heterocycles. The van der Waals surface area contributed by atoms with E-state index in [0.29, 0.717) is 17.4 Å². The molecule has 9 heteroatoms. The van der Waals surface area contributed by atoms with Crippen molar-refractivity contribution in [3.8, 4) is 5.69 Å². The van der Waals surface area contributed by atoms with Crippen molar-refractivity contribution in [1.82, 2.24) is 15.1 Å². The van der Waals surface area contributed by atoms with Crippen molar-refractivity contribution < 1.29 is 14.3 Å². The molecule has 0 aliphatic carbocycles. The number of fused-ring (bicyclic) bond motifs is 1. The summed E-state index contributed by atoms with van der Waals surface area (Å²) in [6, 6.07) is 15.8. The number of carbonyl (C=O) groups is 2. The van der Waals surface area contributed by atoms with Crippen LogP contribution in [0.5, 0.6) is 0 Å². The molecule has 5 rings (SSSR count). The van der Waals surface area contributed by atoms with Gasteiger partial charge < -0.3 is 10.1 Å². The van der Waals surface area contributed by atoms with Gasteiger partial charge in [0.1, 0.15) is 12.4 Å². The summed E-state index contributed by atoms with van der Waals surface area (Å²) in [6.45, 7) is 9.51. The topological polar surface area (TPSA) is 76.5 Å². The van der Waals surface area contributed by atoms with E-state index in [-0.39, 0.29) is 40.9 Å². The molecule has 3 heterocycles. The maximum Gasteiger partial charge on any atom is 0.240 e. The molecule has 2 atom stereocenters. The van der Waals surface area contributed by atoms with Crippen molar-refractivity contribution in [2.75, 3.05) is 30.3 Å². The van der Waals surface area contributed by atoms with E-state index in [2.05, 4.69) is 51.2 Å². The molecule has 2 amide bonds. The zero-order valence-corrected chi connectivity index (χ0v) is 24.4. The van der Waals surface area contributed by atoms with Crippen molar-refractivity contribution >= 4 is 41.0 Å². The zero-order chi connectivity index (χ0) is 27.7. The van der Waals surface area contributed by atoms with Crippen LogP contribution in [0.3, 0.4) is 0 Å². The Morgan fingerprint density at radius 3 is 2.69 bits per heavy atom. The molecule has 0 radical (unpaired) electrons. The molecule has 0 spiro atoms. The van der Waals surface area contributed by atoms with Gasteiger partial charge in [-0.25, -0.2) is 4.68 Å². The number of carbonyl (C=O) groups excluding carboxylic acids is 2. The summed E-state index contributed by atoms with van der Waals surface area (Å²) in [6.07, 6.45) is 1.95. The Morgan fingerprint density at radius 1 is 1.21 bits per heavy atom. The number of thioether (sulfide) groups is 1. The average molecular weight is 567 g/mol. The van der Waals surface area contributed by atoms with E-state index in [1.807, 2.05) is 30.3 Å². The molecular formula is C30H35ClN4O3S. The number of nitrogens with one attached hydrogen (secondary N) is 1. The largest absolute Gasteiger partial charge is 0.376 e. The highest BCUT2D eigenvalue weighted by molar-refractivity contribution is 8.00. The van der Waals surface area contributed by atoms with Crippen LogP contribution in [0.1, 0.15) is 61.2 Å². The molecule has 1 fully saturated rings. The van der Waals surface area contributed by atoms with Gasteiger partial charge in [-0.1, -0.05) is 68.3 Å². The normalized spacial score (nSPS) is 19.6. The van der Waals surface area contributed by atoms with Gasteiger partial charge in [-0.3, -0.25) is 14.5 Å². The average Bonchev–Trinajstić information content (AvgIpc) is 3.52. The van der Waals surface area contributed by atoms with Crippen LogP contribution >= 0.6 is 23.4 Å². The number of aromatic nitrogens is 2. The lowest BCUT2D eigenvalue weighted by Gasteiger charge is -2.25. The Balaban J connectivity index is 1.65. The standard InChI is InChI=1S/C30H35ClN4O3S/c1-19-8-5-9-20(14-19)27-26-28(30(2,3)4)33-35(22-11-6-10-21(31)15-22)29(26)34(25(37)18-39-27)17-24(36)32-16-23-12-7-13-38-23/h5-6,8-11,14-15,23,27H,7,12-13,16-18H2,1-4H3,(H,32,36). The molecule has 3 aromatic rings. The first-order valence-corrected chi connectivity index (χ1v) is 14.8. The van der Waals surface area contributed by atoms with Gasteiger partial charge in [0.05, 0.1) is 28.5 Å². The van der Waals surface area contributed by atoms with Crippen LogP contribution in [-0.2, 0) is 19.7 Å². The van der Waals surface area contributed by atoms with Gasteiger partial charge in [-0.05, 0) is 43.5 Å². The van der Waals surface area contributed by atoms with Gasteiger partial charge in [0, 0.05) is 29.2 Å². The second kappa shape index (κ2) is 11.4. The van der Waals surface area contributed by atoms with Crippen LogP contribution in [0.4, 0.5) is 5.82 Å². The number of hydrogen-bond acceptors (Lipinski definition) is 5. The van der Waals surface area contributed by atoms with Crippen molar-refractivity contribution in [3.05, 3.63) is 75.9 Å². The number of aryl methyl sites for hydroxylation is 1. The quantitative estimate of drug-likeness (QED) is 0.420. The Bertz CT molecular complexity index is 1380. The molecule has 206 valence electrons. The van der Waals surface area contributed by atoms with Crippen molar-refractivity contribution in [2.24, 2.45) is 0 Å². The first-order valence-electron chi connectivity index (χ1n) is 13.4. The van der Waals surface area contributed by atoms with Crippen LogP contribution in [-0.4, -0.2) is 53.1 Å². The minimum atomic E-state index is -0.322. The Hall–Kier alpha value is -2.81.